The Labute approximate surface area is 167 Å². The van der Waals surface area contributed by atoms with Gasteiger partial charge in [0.2, 0.25) is 5.91 Å². The molecule has 0 spiro atoms. The molecule has 0 radical (unpaired) electrons. The summed E-state index contributed by atoms with van der Waals surface area (Å²) < 4.78 is 13.3. The number of amides is 2. The fraction of sp³-hybridized carbons (Fsp3) is 0.389. The van der Waals surface area contributed by atoms with E-state index in [2.05, 4.69) is 4.98 Å². The van der Waals surface area contributed by atoms with Gasteiger partial charge in [0, 0.05) is 38.1 Å². The van der Waals surface area contributed by atoms with Crippen molar-refractivity contribution in [3.8, 4) is 0 Å². The molecule has 0 unspecified atom stereocenters. The molecule has 2 N–H and O–H groups in total. The predicted octanol–water partition coefficient (Wildman–Crippen LogP) is 2.08. The highest BCUT2D eigenvalue weighted by molar-refractivity contribution is 7.09. The molecule has 1 fully saturated rings. The Bertz CT molecular complexity index is 801. The number of aromatic nitrogens is 1. The fourth-order valence-corrected chi connectivity index (χ4v) is 3.62. The topological polar surface area (TPSA) is 79.5 Å². The van der Waals surface area contributed by atoms with Crippen LogP contribution in [0.4, 0.5) is 4.39 Å². The molecule has 9 heteroatoms. The molecule has 1 saturated heterocycles. The Morgan fingerprint density at radius 2 is 1.93 bits per heavy atom. The molecule has 2 heterocycles. The second-order valence-electron chi connectivity index (χ2n) is 6.16. The normalized spacial score (nSPS) is 14.4. The number of carbonyl (C=O) groups is 2. The maximum absolute atomic E-state index is 13.3. The van der Waals surface area contributed by atoms with Crippen molar-refractivity contribution >= 4 is 35.6 Å². The molecular formula is C18H22ClFN4O2S. The first-order valence-electron chi connectivity index (χ1n) is 8.53. The van der Waals surface area contributed by atoms with E-state index < -0.39 is 0 Å². The van der Waals surface area contributed by atoms with E-state index in [1.807, 2.05) is 0 Å². The number of thiazole rings is 1. The van der Waals surface area contributed by atoms with Gasteiger partial charge in [-0.25, -0.2) is 9.37 Å². The average Bonchev–Trinajstić information content (AvgIpc) is 2.97. The molecule has 27 heavy (non-hydrogen) atoms. The molecule has 0 aliphatic carbocycles. The number of halogens is 2. The lowest BCUT2D eigenvalue weighted by Gasteiger charge is -2.22. The van der Waals surface area contributed by atoms with Crippen molar-refractivity contribution in [1.82, 2.24) is 14.8 Å². The van der Waals surface area contributed by atoms with Gasteiger partial charge in [0.15, 0.2) is 0 Å². The standard InChI is InChI=1S/C18H21FN4O2S.ClH/c19-14-4-1-3-13(9-14)10-17(24)22-5-2-6-23(8-7-22)18(25)15-12-26-16(11-20)21-15;/h1,3-4,9,12H,2,5-8,10-11,20H2;1H. The van der Waals surface area contributed by atoms with Crippen LogP contribution in [-0.4, -0.2) is 52.8 Å². The first-order valence-corrected chi connectivity index (χ1v) is 9.40. The first-order chi connectivity index (χ1) is 12.6. The van der Waals surface area contributed by atoms with Crippen LogP contribution in [0.2, 0.25) is 0 Å². The summed E-state index contributed by atoms with van der Waals surface area (Å²) in [6.45, 7) is 2.42. The van der Waals surface area contributed by atoms with E-state index in [-0.39, 0.29) is 36.5 Å². The van der Waals surface area contributed by atoms with E-state index in [1.54, 1.807) is 27.3 Å². The number of rotatable bonds is 4. The molecule has 1 aliphatic heterocycles. The molecule has 2 aromatic rings. The minimum Gasteiger partial charge on any atom is -0.341 e. The van der Waals surface area contributed by atoms with Crippen LogP contribution in [0.3, 0.4) is 0 Å². The van der Waals surface area contributed by atoms with Gasteiger partial charge in [-0.15, -0.1) is 23.7 Å². The molecule has 0 bridgehead atoms. The zero-order valence-electron chi connectivity index (χ0n) is 14.8. The van der Waals surface area contributed by atoms with E-state index >= 15 is 0 Å². The van der Waals surface area contributed by atoms with Gasteiger partial charge in [0.25, 0.3) is 5.91 Å². The van der Waals surface area contributed by atoms with Gasteiger partial charge in [0.05, 0.1) is 6.42 Å². The molecule has 1 aromatic heterocycles. The molecule has 1 aromatic carbocycles. The highest BCUT2D eigenvalue weighted by atomic mass is 35.5. The van der Waals surface area contributed by atoms with E-state index in [9.17, 15) is 14.0 Å². The summed E-state index contributed by atoms with van der Waals surface area (Å²) in [5, 5.41) is 2.46. The summed E-state index contributed by atoms with van der Waals surface area (Å²) in [6.07, 6.45) is 0.867. The summed E-state index contributed by atoms with van der Waals surface area (Å²) in [6, 6.07) is 6.08. The van der Waals surface area contributed by atoms with Crippen LogP contribution < -0.4 is 5.73 Å². The van der Waals surface area contributed by atoms with E-state index in [0.717, 1.165) is 5.01 Å². The van der Waals surface area contributed by atoms with Crippen molar-refractivity contribution in [2.24, 2.45) is 5.73 Å². The quantitative estimate of drug-likeness (QED) is 0.833. The maximum Gasteiger partial charge on any atom is 0.273 e. The Morgan fingerprint density at radius 1 is 1.19 bits per heavy atom. The summed E-state index contributed by atoms with van der Waals surface area (Å²) in [5.41, 5.74) is 6.61. The molecular weight excluding hydrogens is 391 g/mol. The SMILES string of the molecule is Cl.NCc1nc(C(=O)N2CCCN(C(=O)Cc3cccc(F)c3)CC2)cs1. The molecule has 6 nitrogen and oxygen atoms in total. The lowest BCUT2D eigenvalue weighted by molar-refractivity contribution is -0.130. The van der Waals surface area contributed by atoms with Crippen molar-refractivity contribution in [3.05, 3.63) is 51.7 Å². The third-order valence-corrected chi connectivity index (χ3v) is 5.20. The van der Waals surface area contributed by atoms with E-state index in [1.165, 1.54) is 23.5 Å². The van der Waals surface area contributed by atoms with Crippen molar-refractivity contribution in [2.45, 2.75) is 19.4 Å². The summed E-state index contributed by atoms with van der Waals surface area (Å²) >= 11 is 1.38. The van der Waals surface area contributed by atoms with Gasteiger partial charge in [-0.2, -0.15) is 0 Å². The number of nitrogens with zero attached hydrogens (tertiary/aromatic N) is 3. The first kappa shape index (κ1) is 21.3. The highest BCUT2D eigenvalue weighted by Crippen LogP contribution is 2.14. The van der Waals surface area contributed by atoms with Crippen LogP contribution in [0.5, 0.6) is 0 Å². The van der Waals surface area contributed by atoms with Gasteiger partial charge in [0.1, 0.15) is 16.5 Å². The van der Waals surface area contributed by atoms with Crippen LogP contribution in [0.1, 0.15) is 27.5 Å². The zero-order valence-corrected chi connectivity index (χ0v) is 16.4. The number of benzene rings is 1. The molecule has 2 amide bonds. The smallest absolute Gasteiger partial charge is 0.273 e. The number of nitrogens with two attached hydrogens (primary N) is 1. The van der Waals surface area contributed by atoms with Crippen molar-refractivity contribution in [3.63, 3.8) is 0 Å². The lowest BCUT2D eigenvalue weighted by Crippen LogP contribution is -2.38. The summed E-state index contributed by atoms with van der Waals surface area (Å²) in [7, 11) is 0. The third kappa shape index (κ3) is 5.47. The maximum atomic E-state index is 13.3. The van der Waals surface area contributed by atoms with Crippen molar-refractivity contribution in [1.29, 1.82) is 0 Å². The Balaban J connectivity index is 0.00000261. The van der Waals surface area contributed by atoms with Gasteiger partial charge in [-0.1, -0.05) is 12.1 Å². The number of hydrogen-bond acceptors (Lipinski definition) is 5. The minimum absolute atomic E-state index is 0. The Hall–Kier alpha value is -2.03. The van der Waals surface area contributed by atoms with Gasteiger partial charge >= 0.3 is 0 Å². The van der Waals surface area contributed by atoms with E-state index in [0.29, 0.717) is 50.4 Å². The minimum atomic E-state index is -0.344. The van der Waals surface area contributed by atoms with Crippen LogP contribution in [-0.2, 0) is 17.8 Å². The van der Waals surface area contributed by atoms with Crippen LogP contribution in [0.25, 0.3) is 0 Å². The Kier molecular flexibility index (Phi) is 7.70. The summed E-state index contributed by atoms with van der Waals surface area (Å²) in [4.78, 5) is 32.8. The average molecular weight is 413 g/mol. The lowest BCUT2D eigenvalue weighted by atomic mass is 10.1. The molecule has 1 aliphatic rings. The van der Waals surface area contributed by atoms with E-state index in [4.69, 9.17) is 5.73 Å². The molecule has 0 atom stereocenters. The number of carbonyl (C=O) groups excluding carboxylic acids is 2. The summed E-state index contributed by atoms with van der Waals surface area (Å²) in [5.74, 6) is -0.521. The molecule has 146 valence electrons. The van der Waals surface area contributed by atoms with Crippen LogP contribution in [0, 0.1) is 5.82 Å². The van der Waals surface area contributed by atoms with Crippen molar-refractivity contribution < 1.29 is 14.0 Å². The fourth-order valence-electron chi connectivity index (χ4n) is 2.97. The predicted molar refractivity (Wildman–Crippen MR) is 104 cm³/mol. The largest absolute Gasteiger partial charge is 0.341 e. The monoisotopic (exact) mass is 412 g/mol. The highest BCUT2D eigenvalue weighted by Gasteiger charge is 2.24. The number of hydrogen-bond donors (Lipinski definition) is 1. The zero-order chi connectivity index (χ0) is 18.5. The van der Waals surface area contributed by atoms with Crippen LogP contribution >= 0.6 is 23.7 Å². The molecule has 0 saturated carbocycles. The second-order valence-corrected chi connectivity index (χ2v) is 7.11. The van der Waals surface area contributed by atoms with Gasteiger partial charge in [-0.3, -0.25) is 9.59 Å². The molecule has 3 rings (SSSR count). The third-order valence-electron chi connectivity index (χ3n) is 4.33. The second kappa shape index (κ2) is 9.77. The van der Waals surface area contributed by atoms with Crippen LogP contribution in [0.15, 0.2) is 29.6 Å². The van der Waals surface area contributed by atoms with Gasteiger partial charge in [-0.05, 0) is 24.1 Å². The Morgan fingerprint density at radius 3 is 2.63 bits per heavy atom. The van der Waals surface area contributed by atoms with Gasteiger partial charge < -0.3 is 15.5 Å². The van der Waals surface area contributed by atoms with Crippen molar-refractivity contribution in [2.75, 3.05) is 26.2 Å².